The quantitative estimate of drug-likeness (QED) is 0.206. The highest BCUT2D eigenvalue weighted by molar-refractivity contribution is 6.76. The van der Waals surface area contributed by atoms with E-state index in [0.717, 1.165) is 59.8 Å². The molecule has 3 aromatic carbocycles. The molecule has 1 heterocycles. The molecule has 0 amide bonds. The van der Waals surface area contributed by atoms with Crippen molar-refractivity contribution in [2.24, 2.45) is 5.73 Å². The third-order valence-electron chi connectivity index (χ3n) is 6.71. The molecule has 0 aliphatic carbocycles. The van der Waals surface area contributed by atoms with Crippen molar-refractivity contribution in [2.75, 3.05) is 26.5 Å². The highest BCUT2D eigenvalue weighted by Gasteiger charge is 2.27. The van der Waals surface area contributed by atoms with Gasteiger partial charge in [0.1, 0.15) is 5.75 Å². The van der Waals surface area contributed by atoms with Crippen LogP contribution in [-0.4, -0.2) is 40.7 Å². The number of nitrogens with two attached hydrogens (primary N) is 1. The van der Waals surface area contributed by atoms with Crippen LogP contribution < -0.4 is 15.8 Å². The van der Waals surface area contributed by atoms with Crippen LogP contribution in [0, 0.1) is 0 Å². The molecule has 0 spiro atoms. The molecule has 0 saturated carbocycles. The average molecular weight is 493 g/mol. The Morgan fingerprint density at radius 2 is 1.80 bits per heavy atom. The molecule has 1 saturated heterocycles. The van der Waals surface area contributed by atoms with E-state index in [-0.39, 0.29) is 12.9 Å². The number of benzene rings is 3. The van der Waals surface area contributed by atoms with Crippen molar-refractivity contribution in [2.45, 2.75) is 57.3 Å². The summed E-state index contributed by atoms with van der Waals surface area (Å²) in [5.41, 5.74) is 9.38. The maximum Gasteiger partial charge on any atom is 0.189 e. The third-order valence-corrected chi connectivity index (χ3v) is 8.42. The van der Waals surface area contributed by atoms with Gasteiger partial charge in [-0.05, 0) is 53.2 Å². The molecule has 0 bridgehead atoms. The van der Waals surface area contributed by atoms with E-state index in [0.29, 0.717) is 19.1 Å². The first-order valence-electron chi connectivity index (χ1n) is 12.8. The van der Waals surface area contributed by atoms with Crippen molar-refractivity contribution in [3.05, 3.63) is 77.4 Å². The predicted octanol–water partition coefficient (Wildman–Crippen LogP) is 5.65. The van der Waals surface area contributed by atoms with E-state index in [1.54, 1.807) is 0 Å². The Morgan fingerprint density at radius 1 is 1.00 bits per heavy atom. The maximum atomic E-state index is 6.51. The lowest BCUT2D eigenvalue weighted by Crippen LogP contribution is -2.41. The minimum Gasteiger partial charge on any atom is -0.467 e. The van der Waals surface area contributed by atoms with Gasteiger partial charge in [0, 0.05) is 39.1 Å². The van der Waals surface area contributed by atoms with E-state index < -0.39 is 8.07 Å². The van der Waals surface area contributed by atoms with Crippen LogP contribution in [0.1, 0.15) is 29.0 Å². The second kappa shape index (κ2) is 12.1. The number of hydrogen-bond donors (Lipinski definition) is 2. The zero-order valence-corrected chi connectivity index (χ0v) is 22.4. The molecule has 0 radical (unpaired) electrons. The van der Waals surface area contributed by atoms with Gasteiger partial charge in [-0.1, -0.05) is 68.2 Å². The number of nitrogens with one attached hydrogen (secondary N) is 1. The van der Waals surface area contributed by atoms with Gasteiger partial charge < -0.3 is 25.3 Å². The van der Waals surface area contributed by atoms with Crippen LogP contribution in [0.4, 0.5) is 0 Å². The van der Waals surface area contributed by atoms with Gasteiger partial charge in [-0.2, -0.15) is 0 Å². The Morgan fingerprint density at radius 3 is 2.57 bits per heavy atom. The average Bonchev–Trinajstić information content (AvgIpc) is 2.87. The molecule has 35 heavy (non-hydrogen) atoms. The van der Waals surface area contributed by atoms with Crippen molar-refractivity contribution < 1.29 is 14.2 Å². The highest BCUT2D eigenvalue weighted by atomic mass is 28.3. The molecular weight excluding hydrogens is 452 g/mol. The van der Waals surface area contributed by atoms with E-state index >= 15 is 0 Å². The molecule has 6 heteroatoms. The topological polar surface area (TPSA) is 65.7 Å². The number of ether oxygens (including phenoxy) is 3. The summed E-state index contributed by atoms with van der Waals surface area (Å²) in [6, 6.07) is 22.5. The number of rotatable bonds is 11. The summed E-state index contributed by atoms with van der Waals surface area (Å²) in [6.45, 7) is 11.1. The fourth-order valence-corrected chi connectivity index (χ4v) is 5.33. The van der Waals surface area contributed by atoms with E-state index in [4.69, 9.17) is 19.9 Å². The number of piperidine rings is 1. The monoisotopic (exact) mass is 492 g/mol. The molecular formula is C29H40N2O3Si. The molecule has 4 rings (SSSR count). The maximum absolute atomic E-state index is 6.51. The van der Waals surface area contributed by atoms with Crippen LogP contribution in [0.2, 0.25) is 25.7 Å². The summed E-state index contributed by atoms with van der Waals surface area (Å²) >= 11 is 0. The zero-order valence-electron chi connectivity index (χ0n) is 21.4. The predicted molar refractivity (Wildman–Crippen MR) is 147 cm³/mol. The number of fused-ring (bicyclic) bond motifs is 1. The molecule has 2 unspecified atom stereocenters. The largest absolute Gasteiger partial charge is 0.467 e. The molecule has 1 fully saturated rings. The fourth-order valence-electron chi connectivity index (χ4n) is 4.57. The van der Waals surface area contributed by atoms with Gasteiger partial charge in [0.15, 0.2) is 6.79 Å². The molecule has 188 valence electrons. The Bertz CT molecular complexity index is 1080. The molecule has 2 atom stereocenters. The summed E-state index contributed by atoms with van der Waals surface area (Å²) < 4.78 is 18.4. The van der Waals surface area contributed by atoms with Crippen LogP contribution >= 0.6 is 0 Å². The first kappa shape index (κ1) is 25.9. The smallest absolute Gasteiger partial charge is 0.189 e. The Kier molecular flexibility index (Phi) is 8.97. The summed E-state index contributed by atoms with van der Waals surface area (Å²) in [5.74, 6) is 1.23. The summed E-state index contributed by atoms with van der Waals surface area (Å²) in [7, 11) is -1.11. The van der Waals surface area contributed by atoms with Crippen LogP contribution in [0.25, 0.3) is 10.8 Å². The van der Waals surface area contributed by atoms with Crippen molar-refractivity contribution in [1.82, 2.24) is 5.32 Å². The lowest BCUT2D eigenvalue weighted by atomic mass is 9.87. The van der Waals surface area contributed by atoms with Gasteiger partial charge in [0.25, 0.3) is 0 Å². The zero-order chi connectivity index (χ0) is 24.7. The minimum absolute atomic E-state index is 0.119. The van der Waals surface area contributed by atoms with Gasteiger partial charge in [-0.25, -0.2) is 0 Å². The van der Waals surface area contributed by atoms with Gasteiger partial charge in [0.05, 0.1) is 12.7 Å². The third kappa shape index (κ3) is 7.38. The van der Waals surface area contributed by atoms with Gasteiger partial charge in [-0.15, -0.1) is 0 Å². The highest BCUT2D eigenvalue weighted by Crippen LogP contribution is 2.31. The van der Waals surface area contributed by atoms with Crippen LogP contribution in [0.15, 0.2) is 60.7 Å². The van der Waals surface area contributed by atoms with Gasteiger partial charge in [0.2, 0.25) is 0 Å². The minimum atomic E-state index is -1.11. The number of hydrogen-bond acceptors (Lipinski definition) is 5. The summed E-state index contributed by atoms with van der Waals surface area (Å²) in [4.78, 5) is 0. The van der Waals surface area contributed by atoms with Crippen LogP contribution in [0.5, 0.6) is 5.75 Å². The molecule has 0 aromatic heterocycles. The molecule has 3 aromatic rings. The lowest BCUT2D eigenvalue weighted by Gasteiger charge is -2.32. The molecule has 1 aliphatic heterocycles. The first-order valence-corrected chi connectivity index (χ1v) is 16.5. The van der Waals surface area contributed by atoms with E-state index in [1.807, 2.05) is 6.07 Å². The SMILES string of the molecule is C[Si](C)(C)CCOCOc1cc(COC2CNCCC2c2ccc(CN)cc2)cc2ccccc12. The summed E-state index contributed by atoms with van der Waals surface area (Å²) in [6.07, 6.45) is 1.18. The van der Waals surface area contributed by atoms with Crippen molar-refractivity contribution in [1.29, 1.82) is 0 Å². The van der Waals surface area contributed by atoms with E-state index in [9.17, 15) is 0 Å². The second-order valence-electron chi connectivity index (χ2n) is 10.7. The molecule has 1 aliphatic rings. The van der Waals surface area contributed by atoms with E-state index in [2.05, 4.69) is 79.6 Å². The van der Waals surface area contributed by atoms with Crippen molar-refractivity contribution >= 4 is 18.8 Å². The Balaban J connectivity index is 1.43. The normalized spacial score (nSPS) is 18.6. The van der Waals surface area contributed by atoms with Crippen molar-refractivity contribution in [3.8, 4) is 5.75 Å². The van der Waals surface area contributed by atoms with Gasteiger partial charge in [-0.3, -0.25) is 0 Å². The fraction of sp³-hybridized carbons (Fsp3) is 0.448. The second-order valence-corrected chi connectivity index (χ2v) is 16.3. The Hall–Kier alpha value is -2.22. The standard InChI is InChI=1S/C29H40N2O3Si/c1-35(2,3)15-14-32-21-34-28-17-23(16-25-6-4-5-7-26(25)28)20-33-29-19-31-13-12-27(29)24-10-8-22(18-30)9-11-24/h4-11,16-17,27,29,31H,12-15,18-21,30H2,1-3H3. The lowest BCUT2D eigenvalue weighted by molar-refractivity contribution is 0.00982. The van der Waals surface area contributed by atoms with Crippen LogP contribution in [-0.2, 0) is 22.6 Å². The summed E-state index contributed by atoms with van der Waals surface area (Å²) in [5, 5.41) is 5.75. The van der Waals surface area contributed by atoms with Gasteiger partial charge >= 0.3 is 0 Å². The molecule has 5 nitrogen and oxygen atoms in total. The molecule has 3 N–H and O–H groups in total. The Labute approximate surface area is 211 Å². The van der Waals surface area contributed by atoms with Crippen LogP contribution in [0.3, 0.4) is 0 Å². The van der Waals surface area contributed by atoms with Crippen molar-refractivity contribution in [3.63, 3.8) is 0 Å². The van der Waals surface area contributed by atoms with E-state index in [1.165, 1.54) is 5.56 Å². The first-order chi connectivity index (χ1) is 16.9.